The van der Waals surface area contributed by atoms with Crippen molar-refractivity contribution in [1.29, 1.82) is 0 Å². The molecule has 0 saturated carbocycles. The molecule has 0 radical (unpaired) electrons. The van der Waals surface area contributed by atoms with Crippen LogP contribution in [0.5, 0.6) is 0 Å². The Bertz CT molecular complexity index is 149. The minimum Gasteiger partial charge on any atom is -0.146 e. The zero-order valence-corrected chi connectivity index (χ0v) is 11.2. The van der Waals surface area contributed by atoms with Crippen molar-refractivity contribution in [2.75, 3.05) is 12.8 Å². The van der Waals surface area contributed by atoms with Gasteiger partial charge < -0.3 is 0 Å². The van der Waals surface area contributed by atoms with E-state index < -0.39 is 8.03 Å². The van der Waals surface area contributed by atoms with Crippen molar-refractivity contribution < 1.29 is 9.09 Å². The highest BCUT2D eigenvalue weighted by Crippen LogP contribution is 2.21. The second kappa shape index (κ2) is 12.1. The number of unbranched alkanes of at least 4 members (excludes halogenated alkanes) is 7. The normalized spacial score (nSPS) is 11.7. The summed E-state index contributed by atoms with van der Waals surface area (Å²) in [4.78, 5) is 0. The first-order chi connectivity index (χ1) is 7.31. The molecule has 0 bridgehead atoms. The van der Waals surface area contributed by atoms with Crippen LogP contribution in [0.15, 0.2) is 0 Å². The molecule has 90 valence electrons. The Morgan fingerprint density at radius 2 is 1.40 bits per heavy atom. The summed E-state index contributed by atoms with van der Waals surface area (Å²) in [5, 5.41) is 0. The molecule has 3 heteroatoms. The van der Waals surface area contributed by atoms with Gasteiger partial charge in [0, 0.05) is 0 Å². The van der Waals surface area contributed by atoms with E-state index in [4.69, 9.17) is 4.52 Å². The zero-order valence-electron chi connectivity index (χ0n) is 10.3. The average Bonchev–Trinajstić information content (AvgIpc) is 2.26. The fourth-order valence-electron chi connectivity index (χ4n) is 1.49. The standard InChI is InChI=1S/C12H26O2P/c1-3-5-6-7-8-9-10-11-12-14-15(13)4-2/h3-12H2,1-2H3/q+1. The SMILES string of the molecule is CCCCCCCCCCO[P+](=O)CC. The molecule has 0 spiro atoms. The Morgan fingerprint density at radius 1 is 0.867 bits per heavy atom. The van der Waals surface area contributed by atoms with Gasteiger partial charge in [-0.15, -0.1) is 4.52 Å². The maximum absolute atomic E-state index is 10.9. The Morgan fingerprint density at radius 3 is 1.93 bits per heavy atom. The molecule has 1 unspecified atom stereocenters. The predicted octanol–water partition coefficient (Wildman–Crippen LogP) is 4.91. The number of hydrogen-bond donors (Lipinski definition) is 0. The van der Waals surface area contributed by atoms with Crippen LogP contribution in [0.2, 0.25) is 0 Å². The van der Waals surface area contributed by atoms with E-state index in [0.717, 1.165) is 6.42 Å². The van der Waals surface area contributed by atoms with E-state index in [1.165, 1.54) is 44.9 Å². The minimum atomic E-state index is -1.36. The van der Waals surface area contributed by atoms with Crippen molar-refractivity contribution >= 4 is 8.03 Å². The first-order valence-corrected chi connectivity index (χ1v) is 7.75. The largest absolute Gasteiger partial charge is 0.507 e. The first kappa shape index (κ1) is 15.1. The predicted molar refractivity (Wildman–Crippen MR) is 66.7 cm³/mol. The topological polar surface area (TPSA) is 26.3 Å². The monoisotopic (exact) mass is 233 g/mol. The molecule has 0 aromatic heterocycles. The van der Waals surface area contributed by atoms with Crippen LogP contribution < -0.4 is 0 Å². The van der Waals surface area contributed by atoms with Crippen LogP contribution in [0.1, 0.15) is 65.2 Å². The van der Waals surface area contributed by atoms with Crippen LogP contribution in [0.25, 0.3) is 0 Å². The van der Waals surface area contributed by atoms with Gasteiger partial charge in [0.05, 0.1) is 0 Å². The smallest absolute Gasteiger partial charge is 0.146 e. The van der Waals surface area contributed by atoms with Gasteiger partial charge in [0.15, 0.2) is 6.16 Å². The third-order valence-corrected chi connectivity index (χ3v) is 3.48. The van der Waals surface area contributed by atoms with Crippen molar-refractivity contribution in [3.8, 4) is 0 Å². The molecule has 0 N–H and O–H groups in total. The highest BCUT2D eigenvalue weighted by molar-refractivity contribution is 7.39. The van der Waals surface area contributed by atoms with Crippen LogP contribution in [0.3, 0.4) is 0 Å². The van der Waals surface area contributed by atoms with Crippen LogP contribution in [0.4, 0.5) is 0 Å². The van der Waals surface area contributed by atoms with Gasteiger partial charge in [-0.25, -0.2) is 0 Å². The van der Waals surface area contributed by atoms with Crippen molar-refractivity contribution in [2.45, 2.75) is 65.2 Å². The lowest BCUT2D eigenvalue weighted by Gasteiger charge is -1.99. The van der Waals surface area contributed by atoms with E-state index >= 15 is 0 Å². The summed E-state index contributed by atoms with van der Waals surface area (Å²) in [6.45, 7) is 4.82. The van der Waals surface area contributed by atoms with Crippen molar-refractivity contribution in [3.63, 3.8) is 0 Å². The summed E-state index contributed by atoms with van der Waals surface area (Å²) in [5.74, 6) is 0. The molecular formula is C12H26O2P+. The van der Waals surface area contributed by atoms with Crippen molar-refractivity contribution in [1.82, 2.24) is 0 Å². The molecule has 2 nitrogen and oxygen atoms in total. The molecule has 0 amide bonds. The maximum atomic E-state index is 10.9. The van der Waals surface area contributed by atoms with E-state index in [1.54, 1.807) is 0 Å². The molecule has 0 aromatic rings. The van der Waals surface area contributed by atoms with E-state index in [2.05, 4.69) is 6.92 Å². The van der Waals surface area contributed by atoms with Crippen LogP contribution in [-0.2, 0) is 9.09 Å². The first-order valence-electron chi connectivity index (χ1n) is 6.38. The summed E-state index contributed by atoms with van der Waals surface area (Å²) in [5.41, 5.74) is 0. The molecule has 0 aliphatic rings. The molecule has 0 aliphatic heterocycles. The Hall–Kier alpha value is 0.0600. The van der Waals surface area contributed by atoms with Crippen LogP contribution >= 0.6 is 8.03 Å². The molecule has 0 aromatic carbocycles. The second-order valence-electron chi connectivity index (χ2n) is 3.96. The zero-order chi connectivity index (χ0) is 11.4. The molecule has 0 fully saturated rings. The lowest BCUT2D eigenvalue weighted by Crippen LogP contribution is -1.88. The van der Waals surface area contributed by atoms with Gasteiger partial charge in [-0.05, 0) is 17.9 Å². The Kier molecular flexibility index (Phi) is 12.2. The van der Waals surface area contributed by atoms with Crippen molar-refractivity contribution in [2.24, 2.45) is 0 Å². The van der Waals surface area contributed by atoms with Crippen molar-refractivity contribution in [3.05, 3.63) is 0 Å². The minimum absolute atomic E-state index is 0.645. The van der Waals surface area contributed by atoms with E-state index in [0.29, 0.717) is 12.8 Å². The molecule has 0 heterocycles. The number of hydrogen-bond acceptors (Lipinski definition) is 2. The van der Waals surface area contributed by atoms with Gasteiger partial charge in [-0.2, -0.15) is 0 Å². The van der Waals surface area contributed by atoms with E-state index in [-0.39, 0.29) is 0 Å². The Balaban J connectivity index is 2.95. The second-order valence-corrected chi connectivity index (χ2v) is 5.51. The number of rotatable bonds is 11. The molecular weight excluding hydrogens is 207 g/mol. The fraction of sp³-hybridized carbons (Fsp3) is 1.00. The fourth-order valence-corrected chi connectivity index (χ4v) is 2.01. The summed E-state index contributed by atoms with van der Waals surface area (Å²) >= 11 is 0. The van der Waals surface area contributed by atoms with Gasteiger partial charge in [-0.1, -0.05) is 51.9 Å². The van der Waals surface area contributed by atoms with Gasteiger partial charge in [-0.3, -0.25) is 0 Å². The van der Waals surface area contributed by atoms with Gasteiger partial charge >= 0.3 is 8.03 Å². The quantitative estimate of drug-likeness (QED) is 0.374. The summed E-state index contributed by atoms with van der Waals surface area (Å²) in [7, 11) is -1.36. The summed E-state index contributed by atoms with van der Waals surface area (Å²) < 4.78 is 16.1. The van der Waals surface area contributed by atoms with Crippen LogP contribution in [0, 0.1) is 0 Å². The summed E-state index contributed by atoms with van der Waals surface area (Å²) in [6.07, 6.45) is 11.0. The molecule has 0 saturated heterocycles. The maximum Gasteiger partial charge on any atom is 0.507 e. The Labute approximate surface area is 95.7 Å². The lowest BCUT2D eigenvalue weighted by atomic mass is 10.1. The van der Waals surface area contributed by atoms with Gasteiger partial charge in [0.25, 0.3) is 0 Å². The van der Waals surface area contributed by atoms with E-state index in [9.17, 15) is 4.57 Å². The highest BCUT2D eigenvalue weighted by Gasteiger charge is 2.11. The van der Waals surface area contributed by atoms with E-state index in [1.807, 2.05) is 6.92 Å². The molecule has 0 aliphatic carbocycles. The summed E-state index contributed by atoms with van der Waals surface area (Å²) in [6, 6.07) is 0. The highest BCUT2D eigenvalue weighted by atomic mass is 31.1. The average molecular weight is 233 g/mol. The van der Waals surface area contributed by atoms with Gasteiger partial charge in [0.2, 0.25) is 0 Å². The van der Waals surface area contributed by atoms with Crippen LogP contribution in [-0.4, -0.2) is 12.8 Å². The third kappa shape index (κ3) is 12.0. The molecule has 1 atom stereocenters. The lowest BCUT2D eigenvalue weighted by molar-refractivity contribution is 0.316. The molecule has 0 rings (SSSR count). The molecule has 15 heavy (non-hydrogen) atoms. The third-order valence-electron chi connectivity index (χ3n) is 2.49. The van der Waals surface area contributed by atoms with Gasteiger partial charge in [0.1, 0.15) is 6.61 Å².